The van der Waals surface area contributed by atoms with Crippen molar-refractivity contribution >= 4 is 5.97 Å². The van der Waals surface area contributed by atoms with Crippen LogP contribution in [-0.2, 0) is 14.3 Å². The van der Waals surface area contributed by atoms with E-state index in [-0.39, 0.29) is 6.42 Å². The molecule has 0 saturated carbocycles. The Kier molecular flexibility index (Phi) is 13.1. The summed E-state index contributed by atoms with van der Waals surface area (Å²) in [4.78, 5) is 12.1. The standard InChI is InChI=1S/C23H44O8/c1-3-4-5-6-7-8-9-10-11-12-13-14-15-16-19(25)31-23(29)21(27)20(26)18(17-24)30-22(23,2)28/h18,20-21,24,26-29H,3-17H2,1-2H3/t18-,20-,21+,22?,23-/m1/s1. The van der Waals surface area contributed by atoms with Crippen molar-refractivity contribution in [2.45, 2.75) is 134 Å². The Balaban J connectivity index is 2.17. The Bertz CT molecular complexity index is 498. The van der Waals surface area contributed by atoms with Crippen LogP contribution in [0.1, 0.15) is 104 Å². The SMILES string of the molecule is CCCCCCCCCCCCCCCC(=O)O[C@]1(O)[C@@H](O)[C@H](O)[C@@H](CO)OC1(C)O. The molecule has 0 bridgehead atoms. The summed E-state index contributed by atoms with van der Waals surface area (Å²) in [5.41, 5.74) is 0. The van der Waals surface area contributed by atoms with E-state index in [2.05, 4.69) is 6.92 Å². The average Bonchev–Trinajstić information content (AvgIpc) is 2.73. The molecular formula is C23H44O8. The highest BCUT2D eigenvalue weighted by atomic mass is 16.7. The molecule has 31 heavy (non-hydrogen) atoms. The molecule has 0 aromatic carbocycles. The van der Waals surface area contributed by atoms with Gasteiger partial charge in [0.2, 0.25) is 5.79 Å². The number of unbranched alkanes of at least 4 members (excludes halogenated alkanes) is 12. The summed E-state index contributed by atoms with van der Waals surface area (Å²) in [5, 5.41) is 50.0. The summed E-state index contributed by atoms with van der Waals surface area (Å²) < 4.78 is 9.94. The van der Waals surface area contributed by atoms with Gasteiger partial charge in [0.15, 0.2) is 6.10 Å². The quantitative estimate of drug-likeness (QED) is 0.138. The molecule has 0 aromatic rings. The zero-order valence-corrected chi connectivity index (χ0v) is 19.3. The van der Waals surface area contributed by atoms with E-state index < -0.39 is 42.5 Å². The van der Waals surface area contributed by atoms with E-state index in [0.29, 0.717) is 6.42 Å². The van der Waals surface area contributed by atoms with E-state index in [1.165, 1.54) is 57.8 Å². The first kappa shape index (κ1) is 28.3. The molecule has 0 aliphatic carbocycles. The van der Waals surface area contributed by atoms with Gasteiger partial charge in [-0.05, 0) is 13.3 Å². The number of aliphatic hydroxyl groups excluding tert-OH is 3. The molecule has 8 nitrogen and oxygen atoms in total. The second kappa shape index (κ2) is 14.4. The summed E-state index contributed by atoms with van der Waals surface area (Å²) in [5.74, 6) is -6.11. The Morgan fingerprint density at radius 1 is 0.871 bits per heavy atom. The third-order valence-electron chi connectivity index (χ3n) is 6.08. The number of ether oxygens (including phenoxy) is 2. The molecule has 0 radical (unpaired) electrons. The zero-order chi connectivity index (χ0) is 23.3. The van der Waals surface area contributed by atoms with Crippen molar-refractivity contribution in [3.63, 3.8) is 0 Å². The van der Waals surface area contributed by atoms with Gasteiger partial charge in [0.25, 0.3) is 5.79 Å². The first-order valence-electron chi connectivity index (χ1n) is 12.0. The number of hydrogen-bond acceptors (Lipinski definition) is 8. The molecule has 5 atom stereocenters. The highest BCUT2D eigenvalue weighted by Crippen LogP contribution is 2.37. The first-order chi connectivity index (χ1) is 14.7. The van der Waals surface area contributed by atoms with E-state index in [4.69, 9.17) is 14.6 Å². The van der Waals surface area contributed by atoms with Gasteiger partial charge in [-0.25, -0.2) is 0 Å². The Hall–Kier alpha value is -0.770. The number of hydrogen-bond donors (Lipinski definition) is 5. The summed E-state index contributed by atoms with van der Waals surface area (Å²) >= 11 is 0. The lowest BCUT2D eigenvalue weighted by molar-refractivity contribution is -0.440. The van der Waals surface area contributed by atoms with Crippen LogP contribution in [0.4, 0.5) is 0 Å². The zero-order valence-electron chi connectivity index (χ0n) is 19.3. The summed E-state index contributed by atoms with van der Waals surface area (Å²) in [6.45, 7) is 2.55. The molecule has 0 amide bonds. The molecule has 1 heterocycles. The van der Waals surface area contributed by atoms with Crippen molar-refractivity contribution < 1.29 is 39.8 Å². The summed E-state index contributed by atoms with van der Waals surface area (Å²) in [7, 11) is 0. The van der Waals surface area contributed by atoms with Crippen molar-refractivity contribution in [1.29, 1.82) is 0 Å². The smallest absolute Gasteiger partial charge is 0.308 e. The van der Waals surface area contributed by atoms with Crippen LogP contribution in [0.25, 0.3) is 0 Å². The minimum absolute atomic E-state index is 0.0163. The van der Waals surface area contributed by atoms with Gasteiger partial charge in [0, 0.05) is 6.42 Å². The Labute approximate surface area is 186 Å². The monoisotopic (exact) mass is 448 g/mol. The fraction of sp³-hybridized carbons (Fsp3) is 0.957. The fourth-order valence-electron chi connectivity index (χ4n) is 3.97. The van der Waals surface area contributed by atoms with Gasteiger partial charge in [0.05, 0.1) is 6.61 Å². The van der Waals surface area contributed by atoms with Crippen LogP contribution in [0.3, 0.4) is 0 Å². The van der Waals surface area contributed by atoms with Gasteiger partial charge >= 0.3 is 5.97 Å². The molecule has 0 spiro atoms. The van der Waals surface area contributed by atoms with Gasteiger partial charge in [-0.1, -0.05) is 84.0 Å². The fourth-order valence-corrected chi connectivity index (χ4v) is 3.97. The average molecular weight is 449 g/mol. The van der Waals surface area contributed by atoms with Crippen molar-refractivity contribution in [1.82, 2.24) is 0 Å². The van der Waals surface area contributed by atoms with Crippen LogP contribution in [0, 0.1) is 0 Å². The lowest BCUT2D eigenvalue weighted by atomic mass is 9.89. The second-order valence-electron chi connectivity index (χ2n) is 8.92. The highest BCUT2D eigenvalue weighted by Gasteiger charge is 2.64. The lowest BCUT2D eigenvalue weighted by Crippen LogP contribution is -2.73. The van der Waals surface area contributed by atoms with Crippen LogP contribution >= 0.6 is 0 Å². The summed E-state index contributed by atoms with van der Waals surface area (Å²) in [6.07, 6.45) is 10.2. The van der Waals surface area contributed by atoms with Gasteiger partial charge < -0.3 is 35.0 Å². The molecule has 1 saturated heterocycles. The predicted molar refractivity (Wildman–Crippen MR) is 116 cm³/mol. The normalized spacial score (nSPS) is 31.0. The minimum Gasteiger partial charge on any atom is -0.424 e. The summed E-state index contributed by atoms with van der Waals surface area (Å²) in [6, 6.07) is 0. The van der Waals surface area contributed by atoms with Crippen LogP contribution in [-0.4, -0.2) is 68.0 Å². The van der Waals surface area contributed by atoms with Gasteiger partial charge in [-0.2, -0.15) is 0 Å². The molecular weight excluding hydrogens is 404 g/mol. The molecule has 1 aliphatic heterocycles. The number of rotatable bonds is 16. The Morgan fingerprint density at radius 3 is 1.77 bits per heavy atom. The van der Waals surface area contributed by atoms with Crippen LogP contribution < -0.4 is 0 Å². The van der Waals surface area contributed by atoms with E-state index >= 15 is 0 Å². The van der Waals surface area contributed by atoms with E-state index in [9.17, 15) is 25.2 Å². The van der Waals surface area contributed by atoms with Crippen molar-refractivity contribution in [3.05, 3.63) is 0 Å². The van der Waals surface area contributed by atoms with E-state index in [0.717, 1.165) is 26.2 Å². The second-order valence-corrected chi connectivity index (χ2v) is 8.92. The van der Waals surface area contributed by atoms with Crippen LogP contribution in [0.2, 0.25) is 0 Å². The molecule has 1 fully saturated rings. The predicted octanol–water partition coefficient (Wildman–Crippen LogP) is 2.52. The third-order valence-corrected chi connectivity index (χ3v) is 6.08. The largest absolute Gasteiger partial charge is 0.424 e. The molecule has 184 valence electrons. The van der Waals surface area contributed by atoms with Gasteiger partial charge in [0.1, 0.15) is 12.2 Å². The Morgan fingerprint density at radius 2 is 1.32 bits per heavy atom. The van der Waals surface area contributed by atoms with Crippen molar-refractivity contribution in [2.75, 3.05) is 6.61 Å². The molecule has 1 rings (SSSR count). The molecule has 5 N–H and O–H groups in total. The molecule has 1 unspecified atom stereocenters. The van der Waals surface area contributed by atoms with Crippen LogP contribution in [0.15, 0.2) is 0 Å². The van der Waals surface area contributed by atoms with Crippen molar-refractivity contribution in [2.24, 2.45) is 0 Å². The maximum Gasteiger partial charge on any atom is 0.308 e. The minimum atomic E-state index is -2.83. The maximum absolute atomic E-state index is 12.1. The lowest BCUT2D eigenvalue weighted by Gasteiger charge is -2.50. The van der Waals surface area contributed by atoms with Crippen molar-refractivity contribution in [3.8, 4) is 0 Å². The topological polar surface area (TPSA) is 137 Å². The van der Waals surface area contributed by atoms with Gasteiger partial charge in [-0.3, -0.25) is 4.79 Å². The van der Waals surface area contributed by atoms with Crippen LogP contribution in [0.5, 0.6) is 0 Å². The highest BCUT2D eigenvalue weighted by molar-refractivity contribution is 5.70. The first-order valence-corrected chi connectivity index (χ1v) is 12.0. The molecule has 0 aromatic heterocycles. The number of carbonyl (C=O) groups is 1. The number of aliphatic hydroxyl groups is 5. The number of esters is 1. The van der Waals surface area contributed by atoms with Gasteiger partial charge in [-0.15, -0.1) is 0 Å². The van der Waals surface area contributed by atoms with E-state index in [1.54, 1.807) is 0 Å². The number of carbonyl (C=O) groups excluding carboxylic acids is 1. The molecule has 1 aliphatic rings. The van der Waals surface area contributed by atoms with E-state index in [1.807, 2.05) is 0 Å². The maximum atomic E-state index is 12.1. The third kappa shape index (κ3) is 8.94. The molecule has 8 heteroatoms.